The molecule has 0 bridgehead atoms. The van der Waals surface area contributed by atoms with Crippen molar-refractivity contribution in [2.24, 2.45) is 0 Å². The first-order valence-electron chi connectivity index (χ1n) is 11.2. The van der Waals surface area contributed by atoms with Gasteiger partial charge in [-0.05, 0) is 30.4 Å². The molecule has 8 nitrogen and oxygen atoms in total. The van der Waals surface area contributed by atoms with Crippen molar-refractivity contribution in [1.82, 2.24) is 24.8 Å². The molecule has 1 aliphatic heterocycles. The zero-order chi connectivity index (χ0) is 22.5. The molecule has 2 aromatic heterocycles. The minimum Gasteiger partial charge on any atom is -0.355 e. The molecule has 0 radical (unpaired) electrons. The number of carbonyl (C=O) groups is 1. The van der Waals surface area contributed by atoms with Crippen LogP contribution < -0.4 is 15.8 Å². The summed E-state index contributed by atoms with van der Waals surface area (Å²) < 4.78 is 1.31. The molecule has 9 heteroatoms. The molecule has 0 saturated heterocycles. The Morgan fingerprint density at radius 2 is 2.09 bits per heavy atom. The Balaban J connectivity index is 1.24. The average molecular weight is 455 g/mol. The van der Waals surface area contributed by atoms with Gasteiger partial charge in [0.15, 0.2) is 0 Å². The molecule has 0 aliphatic carbocycles. The summed E-state index contributed by atoms with van der Waals surface area (Å²) in [6.45, 7) is 5.91. The van der Waals surface area contributed by atoms with Crippen molar-refractivity contribution in [3.8, 4) is 0 Å². The highest BCUT2D eigenvalue weighted by atomic mass is 32.1. The van der Waals surface area contributed by atoms with Gasteiger partial charge in [-0.25, -0.2) is 4.98 Å². The molecule has 1 N–H and O–H groups in total. The second kappa shape index (κ2) is 10.2. The van der Waals surface area contributed by atoms with Crippen molar-refractivity contribution >= 4 is 27.3 Å². The summed E-state index contributed by atoms with van der Waals surface area (Å²) in [5.74, 6) is -0.0530. The summed E-state index contributed by atoms with van der Waals surface area (Å²) in [5, 5.41) is 7.94. The summed E-state index contributed by atoms with van der Waals surface area (Å²) in [5.41, 5.74) is 3.47. The third-order valence-corrected chi connectivity index (χ3v) is 6.71. The van der Waals surface area contributed by atoms with Crippen LogP contribution in [0.3, 0.4) is 0 Å². The van der Waals surface area contributed by atoms with Gasteiger partial charge in [-0.2, -0.15) is 4.52 Å². The predicted octanol–water partition coefficient (Wildman–Crippen LogP) is 2.10. The van der Waals surface area contributed by atoms with Gasteiger partial charge in [0, 0.05) is 45.0 Å². The van der Waals surface area contributed by atoms with Gasteiger partial charge in [0.05, 0.1) is 6.54 Å². The smallest absolute Gasteiger partial charge is 0.275 e. The molecule has 4 rings (SSSR count). The molecule has 1 amide bonds. The Hall–Kier alpha value is -2.78. The van der Waals surface area contributed by atoms with E-state index in [1.165, 1.54) is 33.0 Å². The maximum Gasteiger partial charge on any atom is 0.275 e. The SMILES string of the molecule is CCCc1cc(=O)n2nc(N(C)CC(=O)NCCCN3CCc4ccccc4C3)sc2n1. The van der Waals surface area contributed by atoms with Gasteiger partial charge in [-0.15, -0.1) is 5.10 Å². The van der Waals surface area contributed by atoms with Gasteiger partial charge in [0.1, 0.15) is 0 Å². The molecule has 1 aromatic carbocycles. The number of nitrogens with one attached hydrogen (secondary N) is 1. The number of aromatic nitrogens is 3. The first-order chi connectivity index (χ1) is 15.5. The molecule has 0 fully saturated rings. The molecule has 170 valence electrons. The van der Waals surface area contributed by atoms with Crippen molar-refractivity contribution in [3.05, 3.63) is 57.5 Å². The van der Waals surface area contributed by atoms with Gasteiger partial charge in [0.2, 0.25) is 16.0 Å². The number of carbonyl (C=O) groups excluding carboxylic acids is 1. The number of benzene rings is 1. The van der Waals surface area contributed by atoms with Crippen LogP contribution in [-0.2, 0) is 24.2 Å². The largest absolute Gasteiger partial charge is 0.355 e. The highest BCUT2D eigenvalue weighted by molar-refractivity contribution is 7.20. The minimum absolute atomic E-state index is 0.0530. The van der Waals surface area contributed by atoms with E-state index in [1.807, 2.05) is 0 Å². The van der Waals surface area contributed by atoms with Crippen LogP contribution in [0.2, 0.25) is 0 Å². The van der Waals surface area contributed by atoms with Gasteiger partial charge in [-0.1, -0.05) is 48.9 Å². The quantitative estimate of drug-likeness (QED) is 0.499. The number of aryl methyl sites for hydroxylation is 1. The van der Waals surface area contributed by atoms with Crippen LogP contribution in [0, 0.1) is 0 Å². The molecule has 3 heterocycles. The number of amides is 1. The maximum absolute atomic E-state index is 12.4. The lowest BCUT2D eigenvalue weighted by Gasteiger charge is -2.28. The molecule has 1 aliphatic rings. The first kappa shape index (κ1) is 22.4. The number of hydrogen-bond donors (Lipinski definition) is 1. The Morgan fingerprint density at radius 1 is 1.28 bits per heavy atom. The fourth-order valence-corrected chi connectivity index (χ4v) is 4.89. The number of fused-ring (bicyclic) bond motifs is 2. The number of nitrogens with zero attached hydrogens (tertiary/aromatic N) is 5. The topological polar surface area (TPSA) is 82.8 Å². The summed E-state index contributed by atoms with van der Waals surface area (Å²) in [6, 6.07) is 10.2. The fraction of sp³-hybridized carbons (Fsp3) is 0.478. The Morgan fingerprint density at radius 3 is 2.91 bits per heavy atom. The van der Waals surface area contributed by atoms with E-state index < -0.39 is 0 Å². The van der Waals surface area contributed by atoms with Crippen LogP contribution in [0.1, 0.15) is 36.6 Å². The zero-order valence-electron chi connectivity index (χ0n) is 18.7. The third-order valence-electron chi connectivity index (χ3n) is 5.68. The molecule has 0 saturated carbocycles. The Kier molecular flexibility index (Phi) is 7.16. The van der Waals surface area contributed by atoms with Crippen LogP contribution in [0.15, 0.2) is 35.1 Å². The van der Waals surface area contributed by atoms with Crippen LogP contribution in [0.5, 0.6) is 0 Å². The molecule has 0 atom stereocenters. The van der Waals surface area contributed by atoms with E-state index >= 15 is 0 Å². The van der Waals surface area contributed by atoms with Crippen molar-refractivity contribution in [1.29, 1.82) is 0 Å². The van der Waals surface area contributed by atoms with Gasteiger partial charge >= 0.3 is 0 Å². The summed E-state index contributed by atoms with van der Waals surface area (Å²) in [4.78, 5) is 33.9. The Bertz CT molecular complexity index is 1140. The van der Waals surface area contributed by atoms with Crippen LogP contribution >= 0.6 is 11.3 Å². The van der Waals surface area contributed by atoms with Gasteiger partial charge in [0.25, 0.3) is 5.56 Å². The van der Waals surface area contributed by atoms with Crippen molar-refractivity contribution in [2.45, 2.75) is 39.2 Å². The molecule has 0 unspecified atom stereocenters. The number of anilines is 1. The van der Waals surface area contributed by atoms with Crippen molar-refractivity contribution < 1.29 is 4.79 Å². The molecule has 32 heavy (non-hydrogen) atoms. The van der Waals surface area contributed by atoms with E-state index in [-0.39, 0.29) is 18.0 Å². The standard InChI is InChI=1S/C23H30N6O2S/c1-3-7-19-14-21(31)29-22(25-19)32-23(26-29)27(2)16-20(30)24-11-6-12-28-13-10-17-8-4-5-9-18(17)15-28/h4-5,8-9,14H,3,6-7,10-13,15-16H2,1-2H3,(H,24,30). The summed E-state index contributed by atoms with van der Waals surface area (Å²) in [6.07, 6.45) is 3.70. The van der Waals surface area contributed by atoms with Gasteiger partial charge < -0.3 is 10.2 Å². The molecule has 0 spiro atoms. The van der Waals surface area contributed by atoms with Crippen LogP contribution in [-0.4, -0.2) is 58.6 Å². The van der Waals surface area contributed by atoms with E-state index in [4.69, 9.17) is 0 Å². The number of rotatable bonds is 9. The lowest BCUT2D eigenvalue weighted by molar-refractivity contribution is -0.119. The highest BCUT2D eigenvalue weighted by Crippen LogP contribution is 2.20. The fourth-order valence-electron chi connectivity index (χ4n) is 4.00. The second-order valence-electron chi connectivity index (χ2n) is 8.27. The zero-order valence-corrected chi connectivity index (χ0v) is 19.5. The van der Waals surface area contributed by atoms with Crippen LogP contribution in [0.4, 0.5) is 5.13 Å². The summed E-state index contributed by atoms with van der Waals surface area (Å²) >= 11 is 1.32. The van der Waals surface area contributed by atoms with E-state index in [0.29, 0.717) is 16.6 Å². The first-order valence-corrected chi connectivity index (χ1v) is 12.0. The molecular weight excluding hydrogens is 424 g/mol. The summed E-state index contributed by atoms with van der Waals surface area (Å²) in [7, 11) is 1.81. The van der Waals surface area contributed by atoms with E-state index in [2.05, 4.69) is 51.5 Å². The molecular formula is C23H30N6O2S. The Labute approximate surface area is 191 Å². The molecule has 3 aromatic rings. The maximum atomic E-state index is 12.4. The highest BCUT2D eigenvalue weighted by Gasteiger charge is 2.16. The normalized spacial score (nSPS) is 13.8. The van der Waals surface area contributed by atoms with E-state index in [1.54, 1.807) is 11.9 Å². The van der Waals surface area contributed by atoms with Crippen LogP contribution in [0.25, 0.3) is 4.96 Å². The van der Waals surface area contributed by atoms with Crippen molar-refractivity contribution in [3.63, 3.8) is 0 Å². The lowest BCUT2D eigenvalue weighted by atomic mass is 10.00. The predicted molar refractivity (Wildman–Crippen MR) is 127 cm³/mol. The second-order valence-corrected chi connectivity index (χ2v) is 9.20. The van der Waals surface area contributed by atoms with E-state index in [0.717, 1.165) is 51.0 Å². The van der Waals surface area contributed by atoms with E-state index in [9.17, 15) is 9.59 Å². The minimum atomic E-state index is -0.181. The van der Waals surface area contributed by atoms with Crippen molar-refractivity contribution in [2.75, 3.05) is 38.1 Å². The number of likely N-dealkylation sites (N-methyl/N-ethyl adjacent to an activating group) is 1. The monoisotopic (exact) mass is 454 g/mol. The lowest BCUT2D eigenvalue weighted by Crippen LogP contribution is -2.37. The average Bonchev–Trinajstić information content (AvgIpc) is 3.22. The van der Waals surface area contributed by atoms with Gasteiger partial charge in [-0.3, -0.25) is 14.5 Å². The number of hydrogen-bond acceptors (Lipinski definition) is 7. The third kappa shape index (κ3) is 5.34.